The van der Waals surface area contributed by atoms with Crippen LogP contribution in [0.4, 0.5) is 0 Å². The van der Waals surface area contributed by atoms with Gasteiger partial charge in [-0.25, -0.2) is 0 Å². The van der Waals surface area contributed by atoms with Crippen LogP contribution < -0.4 is 0 Å². The maximum atomic E-state index is 8.70. The number of rotatable bonds is 0. The molecular weight excluding hydrogens is 130 g/mol. The molecule has 0 saturated carbocycles. The Bertz CT molecular complexity index is 63.1. The van der Waals surface area contributed by atoms with Crippen molar-refractivity contribution >= 4 is 12.4 Å². The lowest BCUT2D eigenvalue weighted by Crippen LogP contribution is -2.16. The van der Waals surface area contributed by atoms with Crippen molar-refractivity contribution in [2.45, 2.75) is 12.5 Å². The summed E-state index contributed by atoms with van der Waals surface area (Å²) in [6.45, 7) is 1.03. The first-order chi connectivity index (χ1) is 3.29. The van der Waals surface area contributed by atoms with E-state index in [0.29, 0.717) is 19.5 Å². The first-order valence-corrected chi connectivity index (χ1v) is 2.41. The number of hydrogen-bond donors (Lipinski definition) is 2. The highest BCUT2D eigenvalue weighted by Gasteiger charge is 2.16. The van der Waals surface area contributed by atoms with Crippen LogP contribution in [0.3, 0.4) is 0 Å². The maximum Gasteiger partial charge on any atom is 0.0703 e. The van der Waals surface area contributed by atoms with Gasteiger partial charge in [-0.2, -0.15) is 5.06 Å². The molecule has 0 amide bonds. The molecule has 0 aromatic heterocycles. The molecule has 1 fully saturated rings. The molecular formula is C4H10ClNO2. The fourth-order valence-electron chi connectivity index (χ4n) is 0.724. The van der Waals surface area contributed by atoms with E-state index in [1.165, 1.54) is 0 Å². The van der Waals surface area contributed by atoms with E-state index in [-0.39, 0.29) is 18.5 Å². The van der Waals surface area contributed by atoms with Gasteiger partial charge in [0.25, 0.3) is 0 Å². The second-order valence-corrected chi connectivity index (χ2v) is 1.86. The van der Waals surface area contributed by atoms with Crippen molar-refractivity contribution in [2.75, 3.05) is 13.1 Å². The molecule has 50 valence electrons. The van der Waals surface area contributed by atoms with Gasteiger partial charge < -0.3 is 10.3 Å². The zero-order chi connectivity index (χ0) is 5.28. The smallest absolute Gasteiger partial charge is 0.0703 e. The number of nitrogens with zero attached hydrogens (tertiary/aromatic N) is 1. The van der Waals surface area contributed by atoms with Crippen LogP contribution in [0.15, 0.2) is 0 Å². The maximum absolute atomic E-state index is 8.70. The normalized spacial score (nSPS) is 30.0. The Morgan fingerprint density at radius 2 is 2.12 bits per heavy atom. The molecule has 1 aliphatic heterocycles. The Labute approximate surface area is 54.3 Å². The summed E-state index contributed by atoms with van der Waals surface area (Å²) in [4.78, 5) is 0. The molecule has 2 N–H and O–H groups in total. The third-order valence-corrected chi connectivity index (χ3v) is 1.14. The SMILES string of the molecule is Cl.OC1CCN(O)C1. The number of aliphatic hydroxyl groups excluding tert-OH is 1. The largest absolute Gasteiger partial charge is 0.392 e. The Morgan fingerprint density at radius 1 is 1.50 bits per heavy atom. The van der Waals surface area contributed by atoms with Gasteiger partial charge in [0.15, 0.2) is 0 Å². The molecule has 8 heavy (non-hydrogen) atoms. The van der Waals surface area contributed by atoms with Gasteiger partial charge in [0.2, 0.25) is 0 Å². The third-order valence-electron chi connectivity index (χ3n) is 1.14. The highest BCUT2D eigenvalue weighted by Crippen LogP contribution is 2.03. The van der Waals surface area contributed by atoms with Crippen molar-refractivity contribution in [3.8, 4) is 0 Å². The molecule has 3 nitrogen and oxygen atoms in total. The minimum absolute atomic E-state index is 0. The summed E-state index contributed by atoms with van der Waals surface area (Å²) in [7, 11) is 0. The van der Waals surface area contributed by atoms with Crippen molar-refractivity contribution in [3.05, 3.63) is 0 Å². The summed E-state index contributed by atoms with van der Waals surface area (Å²) >= 11 is 0. The molecule has 1 rings (SSSR count). The van der Waals surface area contributed by atoms with Gasteiger partial charge in [-0.05, 0) is 6.42 Å². The van der Waals surface area contributed by atoms with E-state index in [1.54, 1.807) is 0 Å². The molecule has 0 radical (unpaired) electrons. The minimum Gasteiger partial charge on any atom is -0.392 e. The van der Waals surface area contributed by atoms with Crippen LogP contribution >= 0.6 is 12.4 Å². The van der Waals surface area contributed by atoms with E-state index in [1.807, 2.05) is 0 Å². The quantitative estimate of drug-likeness (QED) is 0.491. The summed E-state index contributed by atoms with van der Waals surface area (Å²) in [5.41, 5.74) is 0. The van der Waals surface area contributed by atoms with Crippen LogP contribution in [0.5, 0.6) is 0 Å². The fraction of sp³-hybridized carbons (Fsp3) is 1.00. The van der Waals surface area contributed by atoms with Crippen LogP contribution in [0, 0.1) is 0 Å². The Hall–Kier alpha value is 0.170. The Morgan fingerprint density at radius 3 is 2.25 bits per heavy atom. The van der Waals surface area contributed by atoms with Gasteiger partial charge >= 0.3 is 0 Å². The topological polar surface area (TPSA) is 43.7 Å². The van der Waals surface area contributed by atoms with E-state index in [2.05, 4.69) is 0 Å². The number of hydroxylamine groups is 2. The van der Waals surface area contributed by atoms with E-state index < -0.39 is 0 Å². The van der Waals surface area contributed by atoms with Crippen LogP contribution in [0.25, 0.3) is 0 Å². The standard InChI is InChI=1S/C4H9NO2.ClH/c6-4-1-2-5(7)3-4;/h4,6-7H,1-3H2;1H. The zero-order valence-corrected chi connectivity index (χ0v) is 5.27. The molecule has 4 heteroatoms. The van der Waals surface area contributed by atoms with Crippen LogP contribution in [-0.4, -0.2) is 34.6 Å². The van der Waals surface area contributed by atoms with Crippen molar-refractivity contribution < 1.29 is 10.3 Å². The first-order valence-electron chi connectivity index (χ1n) is 2.41. The van der Waals surface area contributed by atoms with Crippen molar-refractivity contribution in [1.29, 1.82) is 0 Å². The van der Waals surface area contributed by atoms with Gasteiger partial charge in [-0.1, -0.05) is 0 Å². The fourth-order valence-corrected chi connectivity index (χ4v) is 0.724. The van der Waals surface area contributed by atoms with E-state index in [4.69, 9.17) is 10.3 Å². The molecule has 1 saturated heterocycles. The van der Waals surface area contributed by atoms with Crippen LogP contribution in [0.1, 0.15) is 6.42 Å². The van der Waals surface area contributed by atoms with Crippen LogP contribution in [-0.2, 0) is 0 Å². The summed E-state index contributed by atoms with van der Waals surface area (Å²) < 4.78 is 0. The minimum atomic E-state index is -0.301. The van der Waals surface area contributed by atoms with E-state index >= 15 is 0 Å². The third kappa shape index (κ3) is 1.96. The van der Waals surface area contributed by atoms with Crippen LogP contribution in [0.2, 0.25) is 0 Å². The predicted molar refractivity (Wildman–Crippen MR) is 31.2 cm³/mol. The summed E-state index contributed by atoms with van der Waals surface area (Å²) in [5, 5.41) is 18.4. The summed E-state index contributed by atoms with van der Waals surface area (Å²) in [6.07, 6.45) is 0.404. The lowest BCUT2D eigenvalue weighted by molar-refractivity contribution is -0.0759. The zero-order valence-electron chi connectivity index (χ0n) is 4.45. The number of aliphatic hydroxyl groups is 1. The lowest BCUT2D eigenvalue weighted by atomic mass is 10.3. The molecule has 0 aliphatic carbocycles. The van der Waals surface area contributed by atoms with Gasteiger partial charge in [-0.3, -0.25) is 0 Å². The van der Waals surface area contributed by atoms with E-state index in [0.717, 1.165) is 5.06 Å². The first kappa shape index (κ1) is 8.17. The highest BCUT2D eigenvalue weighted by molar-refractivity contribution is 5.85. The second-order valence-electron chi connectivity index (χ2n) is 1.86. The van der Waals surface area contributed by atoms with Crippen molar-refractivity contribution in [1.82, 2.24) is 5.06 Å². The number of hydrogen-bond acceptors (Lipinski definition) is 3. The number of β-amino-alcohol motifs (C(OH)–C–C–N with tert-alkyl or cyclic N) is 1. The monoisotopic (exact) mass is 139 g/mol. The molecule has 0 spiro atoms. The highest BCUT2D eigenvalue weighted by atomic mass is 35.5. The summed E-state index contributed by atoms with van der Waals surface area (Å²) in [6, 6.07) is 0. The predicted octanol–water partition coefficient (Wildman–Crippen LogP) is -0.136. The molecule has 1 unspecified atom stereocenters. The second kappa shape index (κ2) is 3.25. The molecule has 0 aromatic rings. The average Bonchev–Trinajstić information content (AvgIpc) is 1.87. The van der Waals surface area contributed by atoms with Gasteiger partial charge in [0.1, 0.15) is 0 Å². The van der Waals surface area contributed by atoms with Gasteiger partial charge in [-0.15, -0.1) is 12.4 Å². The molecule has 1 aliphatic rings. The van der Waals surface area contributed by atoms with Crippen molar-refractivity contribution in [3.63, 3.8) is 0 Å². The average molecular weight is 140 g/mol. The molecule has 0 aromatic carbocycles. The number of halogens is 1. The van der Waals surface area contributed by atoms with Gasteiger partial charge in [0.05, 0.1) is 6.10 Å². The van der Waals surface area contributed by atoms with Gasteiger partial charge in [0, 0.05) is 13.1 Å². The molecule has 1 heterocycles. The Kier molecular flexibility index (Phi) is 3.31. The lowest BCUT2D eigenvalue weighted by Gasteiger charge is -2.00. The molecule has 0 bridgehead atoms. The summed E-state index contributed by atoms with van der Waals surface area (Å²) in [5.74, 6) is 0. The van der Waals surface area contributed by atoms with Crippen molar-refractivity contribution in [2.24, 2.45) is 0 Å². The Balaban J connectivity index is 0.000000490. The molecule has 1 atom stereocenters. The van der Waals surface area contributed by atoms with E-state index in [9.17, 15) is 0 Å².